The van der Waals surface area contributed by atoms with Crippen molar-refractivity contribution in [1.29, 1.82) is 0 Å². The third-order valence-corrected chi connectivity index (χ3v) is 15.4. The molecule has 72 nitrogen and oxygen atoms in total. The van der Waals surface area contributed by atoms with Crippen molar-refractivity contribution in [3.63, 3.8) is 0 Å². The van der Waals surface area contributed by atoms with E-state index in [2.05, 4.69) is 59.9 Å². The third-order valence-electron chi connectivity index (χ3n) is 15.4. The number of guanidine groups is 12. The molecule has 0 heterocycles. The first-order valence-corrected chi connectivity index (χ1v) is 42.9. The van der Waals surface area contributed by atoms with Crippen LogP contribution in [0.15, 0.2) is 59.9 Å². The molecule has 0 aromatic rings. The molecule has 0 unspecified atom stereocenters. The Labute approximate surface area is 830 Å². The number of carboxylic acid groups (broad SMARTS) is 12. The van der Waals surface area contributed by atoms with E-state index in [1.807, 2.05) is 0 Å². The topological polar surface area (TPSA) is 1530 Å². The fourth-order valence-electron chi connectivity index (χ4n) is 7.71. The maximum absolute atomic E-state index is 10.2. The van der Waals surface area contributed by atoms with E-state index in [1.165, 1.54) is 0 Å². The fourth-order valence-corrected chi connectivity index (χ4v) is 7.71. The molecule has 0 rings (SSSR count). The summed E-state index contributed by atoms with van der Waals surface area (Å²) in [6, 6.07) is -9.84. The van der Waals surface area contributed by atoms with Gasteiger partial charge in [0, 0.05) is 78.5 Å². The summed E-state index contributed by atoms with van der Waals surface area (Å²) in [5.41, 5.74) is 184. The molecule has 0 amide bonds. The van der Waals surface area contributed by atoms with Gasteiger partial charge in [0.15, 0.2) is 71.5 Å². The molecule has 0 radical (unpaired) electrons. The lowest BCUT2D eigenvalue weighted by Crippen LogP contribution is -2.30. The first-order valence-electron chi connectivity index (χ1n) is 42.9. The van der Waals surface area contributed by atoms with Gasteiger partial charge in [0.25, 0.3) is 0 Å². The van der Waals surface area contributed by atoms with Crippen molar-refractivity contribution in [2.75, 3.05) is 78.5 Å². The highest BCUT2D eigenvalue weighted by Crippen LogP contribution is 2.03. The van der Waals surface area contributed by atoms with Gasteiger partial charge < -0.3 is 268 Å². The quantitative estimate of drug-likeness (QED) is 0.0153. The fraction of sp³-hybridized carbons (Fsp3) is 0.667. The molecular weight excluding hydrogens is 1920 g/mol. The van der Waals surface area contributed by atoms with Gasteiger partial charge in [-0.2, -0.15) is 0 Å². The summed E-state index contributed by atoms with van der Waals surface area (Å²) in [6.07, 6.45) is 11.5. The maximum Gasteiger partial charge on any atom is 0.320 e. The number of hydrogen-bond donors (Lipinski definition) is 48. The molecule has 0 aliphatic heterocycles. The van der Waals surface area contributed by atoms with E-state index >= 15 is 0 Å². The largest absolute Gasteiger partial charge is 0.480 e. The van der Waals surface area contributed by atoms with Crippen LogP contribution in [0.4, 0.5) is 0 Å². The molecule has 0 spiro atoms. The number of hydrogen-bond acceptors (Lipinski definition) is 36. The lowest BCUT2D eigenvalue weighted by Gasteiger charge is -2.03. The molecule has 12 atom stereocenters. The Balaban J connectivity index is -0.000000132. The minimum Gasteiger partial charge on any atom is -0.480 e. The van der Waals surface area contributed by atoms with Crippen molar-refractivity contribution in [1.82, 2.24) is 0 Å². The molecular formula is C72H168N48O24. The van der Waals surface area contributed by atoms with Gasteiger partial charge in [-0.1, -0.05) is 0 Å². The summed E-state index contributed by atoms with van der Waals surface area (Å²) in [6.45, 7) is 5.04. The van der Waals surface area contributed by atoms with Crippen LogP contribution < -0.4 is 206 Å². The van der Waals surface area contributed by atoms with E-state index in [1.54, 1.807) is 0 Å². The summed E-state index contributed by atoms with van der Waals surface area (Å²) in [5, 5.41) is 101. The van der Waals surface area contributed by atoms with Crippen LogP contribution in [0.25, 0.3) is 0 Å². The van der Waals surface area contributed by atoms with E-state index in [0.717, 1.165) is 0 Å². The molecule has 0 aromatic carbocycles. The predicted molar refractivity (Wildman–Crippen MR) is 546 cm³/mol. The monoisotopic (exact) mass is 2090 g/mol. The van der Waals surface area contributed by atoms with Crippen LogP contribution in [0.1, 0.15) is 154 Å². The van der Waals surface area contributed by atoms with Gasteiger partial charge in [0.05, 0.1) is 0 Å². The second kappa shape index (κ2) is 103. The number of aliphatic imine (C=N–C) groups is 12. The predicted octanol–water partition coefficient (Wildman–Crippen LogP) is -18.6. The number of carbonyl (C=O) groups is 12. The molecule has 0 aromatic heterocycles. The minimum atomic E-state index is -1.00. The van der Waals surface area contributed by atoms with Crippen LogP contribution in [0.5, 0.6) is 0 Å². The van der Waals surface area contributed by atoms with Crippen LogP contribution in [-0.2, 0) is 57.5 Å². The Kier molecular flexibility index (Phi) is 110. The molecule has 0 bridgehead atoms. The van der Waals surface area contributed by atoms with Gasteiger partial charge in [-0.15, -0.1) is 0 Å². The molecule has 0 saturated carbocycles. The Morgan fingerprint density at radius 3 is 0.208 bits per heavy atom. The van der Waals surface area contributed by atoms with Gasteiger partial charge in [0.2, 0.25) is 0 Å². The molecule has 0 saturated heterocycles. The standard InChI is InChI=1S/12C6H14N4O2/c12*7-4(5(11)12)2-1-3-10-6(8)9/h12*4H,1-3,7H2,(H,11,12)(H4,8,9,10)/t12*4-/m000000000000/s1. The molecule has 0 aliphatic carbocycles. The summed E-state index contributed by atoms with van der Waals surface area (Å²) in [5.74, 6) is -11.8. The highest BCUT2D eigenvalue weighted by molar-refractivity contribution is 5.82. The number of aliphatic carboxylic acids is 12. The second-order valence-electron chi connectivity index (χ2n) is 28.7. The number of nitrogens with zero attached hydrogens (tertiary/aromatic N) is 12. The molecule has 0 fully saturated rings. The molecule has 0 aliphatic rings. The lowest BCUT2D eigenvalue weighted by atomic mass is 10.2. The number of rotatable bonds is 60. The van der Waals surface area contributed by atoms with Crippen molar-refractivity contribution < 1.29 is 119 Å². The zero-order valence-corrected chi connectivity index (χ0v) is 80.8. The lowest BCUT2D eigenvalue weighted by molar-refractivity contribution is -0.139. The molecule has 840 valence electrons. The SMILES string of the molecule is NC(N)=NCCC[C@H](N)C(=O)O.NC(N)=NCCC[C@H](N)C(=O)O.NC(N)=NCCC[C@H](N)C(=O)O.NC(N)=NCCC[C@H](N)C(=O)O.NC(N)=NCCC[C@H](N)C(=O)O.NC(N)=NCCC[C@H](N)C(=O)O.NC(N)=NCCC[C@H](N)C(=O)O.NC(N)=NCCC[C@H](N)C(=O)O.NC(N)=NCCC[C@H](N)C(=O)O.NC(N)=NCCC[C@H](N)C(=O)O.NC(N)=NCCC[C@H](N)C(=O)O.NC(N)=NCCC[C@H](N)C(=O)O. The number of nitrogens with two attached hydrogens (primary N) is 36. The normalized spacial score (nSPS) is 12.1. The Morgan fingerprint density at radius 1 is 0.125 bits per heavy atom. The number of carboxylic acids is 12. The van der Waals surface area contributed by atoms with Crippen molar-refractivity contribution in [2.45, 2.75) is 227 Å². The summed E-state index contributed by atoms with van der Waals surface area (Å²) in [7, 11) is 0. The minimum absolute atomic E-state index is 0.0129. The average Bonchev–Trinajstić information content (AvgIpc) is 1.06. The van der Waals surface area contributed by atoms with Crippen LogP contribution in [0, 0.1) is 0 Å². The average molecular weight is 2090 g/mol. The Bertz CT molecular complexity index is 2980. The first-order chi connectivity index (χ1) is 66.4. The van der Waals surface area contributed by atoms with Crippen molar-refractivity contribution in [3.8, 4) is 0 Å². The van der Waals surface area contributed by atoms with E-state index in [4.69, 9.17) is 268 Å². The van der Waals surface area contributed by atoms with Crippen molar-refractivity contribution in [3.05, 3.63) is 0 Å². The maximum atomic E-state index is 10.2. The van der Waals surface area contributed by atoms with Gasteiger partial charge >= 0.3 is 71.6 Å². The van der Waals surface area contributed by atoms with Gasteiger partial charge in [-0.3, -0.25) is 117 Å². The van der Waals surface area contributed by atoms with Crippen LogP contribution >= 0.6 is 0 Å². The zero-order valence-electron chi connectivity index (χ0n) is 80.8. The Morgan fingerprint density at radius 2 is 0.174 bits per heavy atom. The smallest absolute Gasteiger partial charge is 0.320 e. The van der Waals surface area contributed by atoms with E-state index in [9.17, 15) is 57.5 Å². The molecule has 144 heavy (non-hydrogen) atoms. The van der Waals surface area contributed by atoms with E-state index in [-0.39, 0.29) is 71.5 Å². The van der Waals surface area contributed by atoms with Crippen LogP contribution in [0.2, 0.25) is 0 Å². The van der Waals surface area contributed by atoms with Crippen molar-refractivity contribution >= 4 is 143 Å². The Hall–Kier alpha value is -15.6. The van der Waals surface area contributed by atoms with Gasteiger partial charge in [-0.05, 0) is 154 Å². The third kappa shape index (κ3) is 147. The zero-order chi connectivity index (χ0) is 115. The van der Waals surface area contributed by atoms with Crippen LogP contribution in [0.3, 0.4) is 0 Å². The highest BCUT2D eigenvalue weighted by atomic mass is 16.4. The molecule has 84 N–H and O–H groups in total. The second-order valence-corrected chi connectivity index (χ2v) is 28.7. The summed E-state index contributed by atoms with van der Waals surface area (Å²) in [4.78, 5) is 167. The van der Waals surface area contributed by atoms with E-state index < -0.39 is 144 Å². The van der Waals surface area contributed by atoms with E-state index in [0.29, 0.717) is 233 Å². The van der Waals surface area contributed by atoms with Gasteiger partial charge in [0.1, 0.15) is 72.5 Å². The molecule has 72 heteroatoms. The first kappa shape index (κ1) is 154. The summed E-state index contributed by atoms with van der Waals surface area (Å²) < 4.78 is 0. The summed E-state index contributed by atoms with van der Waals surface area (Å²) >= 11 is 0. The van der Waals surface area contributed by atoms with Crippen LogP contribution in [-0.4, -0.2) is 355 Å². The highest BCUT2D eigenvalue weighted by Gasteiger charge is 2.18. The van der Waals surface area contributed by atoms with Crippen molar-refractivity contribution in [2.24, 2.45) is 266 Å². The van der Waals surface area contributed by atoms with Gasteiger partial charge in [-0.25, -0.2) is 0 Å².